The summed E-state index contributed by atoms with van der Waals surface area (Å²) in [5.41, 5.74) is 0.220. The molecule has 2 aliphatic rings. The van der Waals surface area contributed by atoms with Crippen LogP contribution < -0.4 is 0 Å². The van der Waals surface area contributed by atoms with Gasteiger partial charge in [0.2, 0.25) is 0 Å². The largest absolute Gasteiger partial charge is 0.295 e. The molecule has 4 atom stereocenters. The Morgan fingerprint density at radius 2 is 2.31 bits per heavy atom. The third-order valence-corrected chi connectivity index (χ3v) is 4.59. The second-order valence-corrected chi connectivity index (χ2v) is 5.74. The Hall–Kier alpha value is -0.550. The molecular formula is C14H17BrO. The molecule has 0 heterocycles. The fourth-order valence-corrected chi connectivity index (χ4v) is 3.50. The normalized spacial score (nSPS) is 42.2. The number of halogens is 1. The topological polar surface area (TPSA) is 17.1 Å². The number of hydrogen-bond acceptors (Lipinski definition) is 1. The maximum Gasteiger partial charge on any atom is 0.158 e. The van der Waals surface area contributed by atoms with Crippen LogP contribution in [0.4, 0.5) is 0 Å². The monoisotopic (exact) mass is 280 g/mol. The zero-order chi connectivity index (χ0) is 11.8. The molecule has 1 saturated carbocycles. The van der Waals surface area contributed by atoms with E-state index in [-0.39, 0.29) is 17.1 Å². The molecule has 0 N–H and O–H groups in total. The standard InChI is InChI=1S/C14H17BrO/c1-10-12-9-11(5-8-15)3-6-14(12,2)7-4-13(10)16/h4,7,10-12H,3,6,9H2,1-2H3/t10-,11+,12-,14+/m1/s1. The first-order valence-corrected chi connectivity index (χ1v) is 6.70. The molecule has 0 bridgehead atoms. The van der Waals surface area contributed by atoms with Crippen LogP contribution in [0.2, 0.25) is 0 Å². The third kappa shape index (κ3) is 1.98. The molecule has 0 aliphatic heterocycles. The number of ketones is 1. The van der Waals surface area contributed by atoms with Crippen LogP contribution in [0.25, 0.3) is 0 Å². The summed E-state index contributed by atoms with van der Waals surface area (Å²) in [6.45, 7) is 4.35. The average Bonchev–Trinajstić information content (AvgIpc) is 2.27. The van der Waals surface area contributed by atoms with Gasteiger partial charge < -0.3 is 0 Å². The minimum atomic E-state index is 0.162. The predicted molar refractivity (Wildman–Crippen MR) is 69.0 cm³/mol. The van der Waals surface area contributed by atoms with Crippen molar-refractivity contribution in [2.24, 2.45) is 23.2 Å². The van der Waals surface area contributed by atoms with Crippen molar-refractivity contribution in [1.29, 1.82) is 0 Å². The number of rotatable bonds is 0. The van der Waals surface area contributed by atoms with Gasteiger partial charge in [0.1, 0.15) is 0 Å². The van der Waals surface area contributed by atoms with E-state index in [4.69, 9.17) is 0 Å². The summed E-state index contributed by atoms with van der Waals surface area (Å²) in [6, 6.07) is 0. The van der Waals surface area contributed by atoms with Crippen molar-refractivity contribution in [2.45, 2.75) is 33.1 Å². The molecule has 0 radical (unpaired) electrons. The van der Waals surface area contributed by atoms with E-state index in [1.807, 2.05) is 0 Å². The van der Waals surface area contributed by atoms with E-state index in [9.17, 15) is 4.79 Å². The van der Waals surface area contributed by atoms with Crippen molar-refractivity contribution in [3.05, 3.63) is 12.2 Å². The first kappa shape index (κ1) is 11.9. The smallest absolute Gasteiger partial charge is 0.158 e. The van der Waals surface area contributed by atoms with Crippen LogP contribution in [0.15, 0.2) is 12.2 Å². The lowest BCUT2D eigenvalue weighted by Crippen LogP contribution is -2.41. The Bertz CT molecular complexity index is 387. The maximum absolute atomic E-state index is 11.7. The van der Waals surface area contributed by atoms with Gasteiger partial charge in [-0.05, 0) is 41.5 Å². The Labute approximate surface area is 106 Å². The number of allylic oxidation sites excluding steroid dienone is 2. The van der Waals surface area contributed by atoms with Crippen LogP contribution in [-0.4, -0.2) is 5.78 Å². The van der Waals surface area contributed by atoms with E-state index in [0.717, 1.165) is 19.3 Å². The summed E-state index contributed by atoms with van der Waals surface area (Å²) < 4.78 is 0. The number of carbonyl (C=O) groups excluding carboxylic acids is 1. The summed E-state index contributed by atoms with van der Waals surface area (Å²) in [5.74, 6) is 4.58. The van der Waals surface area contributed by atoms with E-state index in [0.29, 0.717) is 11.8 Å². The molecule has 0 saturated heterocycles. The first-order valence-electron chi connectivity index (χ1n) is 5.91. The van der Waals surface area contributed by atoms with Crippen molar-refractivity contribution >= 4 is 21.7 Å². The van der Waals surface area contributed by atoms with Gasteiger partial charge in [-0.3, -0.25) is 4.79 Å². The molecule has 1 fully saturated rings. The van der Waals surface area contributed by atoms with Crippen LogP contribution in [0.1, 0.15) is 33.1 Å². The summed E-state index contributed by atoms with van der Waals surface area (Å²) in [6.07, 6.45) is 7.29. The highest BCUT2D eigenvalue weighted by atomic mass is 79.9. The van der Waals surface area contributed by atoms with E-state index < -0.39 is 0 Å². The Kier molecular flexibility index (Phi) is 3.26. The van der Waals surface area contributed by atoms with Crippen molar-refractivity contribution in [1.82, 2.24) is 0 Å². The Balaban J connectivity index is 2.24. The molecule has 2 heteroatoms. The lowest BCUT2D eigenvalue weighted by atomic mass is 9.57. The van der Waals surface area contributed by atoms with Crippen LogP contribution in [-0.2, 0) is 4.79 Å². The van der Waals surface area contributed by atoms with Gasteiger partial charge in [0, 0.05) is 27.8 Å². The zero-order valence-corrected chi connectivity index (χ0v) is 11.4. The molecule has 16 heavy (non-hydrogen) atoms. The van der Waals surface area contributed by atoms with Gasteiger partial charge in [0.05, 0.1) is 0 Å². The summed E-state index contributed by atoms with van der Waals surface area (Å²) in [5, 5.41) is 0. The van der Waals surface area contributed by atoms with Gasteiger partial charge in [-0.2, -0.15) is 0 Å². The molecule has 0 aromatic rings. The van der Waals surface area contributed by atoms with Crippen LogP contribution in [0.3, 0.4) is 0 Å². The molecule has 86 valence electrons. The highest BCUT2D eigenvalue weighted by molar-refractivity contribution is 9.12. The zero-order valence-electron chi connectivity index (χ0n) is 9.79. The highest BCUT2D eigenvalue weighted by Gasteiger charge is 2.44. The molecule has 2 aliphatic carbocycles. The first-order chi connectivity index (χ1) is 7.57. The van der Waals surface area contributed by atoms with Crippen LogP contribution in [0.5, 0.6) is 0 Å². The van der Waals surface area contributed by atoms with Crippen molar-refractivity contribution < 1.29 is 4.79 Å². The molecule has 2 rings (SSSR count). The minimum absolute atomic E-state index is 0.162. The summed E-state index contributed by atoms with van der Waals surface area (Å²) in [7, 11) is 0. The molecule has 0 aromatic heterocycles. The lowest BCUT2D eigenvalue weighted by Gasteiger charge is -2.46. The second kappa shape index (κ2) is 4.37. The second-order valence-electron chi connectivity index (χ2n) is 5.35. The SMILES string of the molecule is C[C@H]1C(=O)C=C[C@]2(C)CC[C@@H](C#CBr)C[C@H]12. The molecule has 0 amide bonds. The van der Waals surface area contributed by atoms with E-state index in [2.05, 4.69) is 46.6 Å². The molecule has 1 nitrogen and oxygen atoms in total. The summed E-state index contributed by atoms with van der Waals surface area (Å²) >= 11 is 3.17. The van der Waals surface area contributed by atoms with Gasteiger partial charge in [0.25, 0.3) is 0 Å². The molecule has 0 spiro atoms. The number of fused-ring (bicyclic) bond motifs is 1. The van der Waals surface area contributed by atoms with Gasteiger partial charge >= 0.3 is 0 Å². The van der Waals surface area contributed by atoms with E-state index in [1.165, 1.54) is 0 Å². The predicted octanol–water partition coefficient (Wildman–Crippen LogP) is 3.54. The van der Waals surface area contributed by atoms with E-state index in [1.54, 1.807) is 6.08 Å². The lowest BCUT2D eigenvalue weighted by molar-refractivity contribution is -0.122. The van der Waals surface area contributed by atoms with Crippen molar-refractivity contribution in [3.63, 3.8) is 0 Å². The van der Waals surface area contributed by atoms with Crippen molar-refractivity contribution in [2.75, 3.05) is 0 Å². The minimum Gasteiger partial charge on any atom is -0.295 e. The van der Waals surface area contributed by atoms with Gasteiger partial charge in [-0.15, -0.1) is 0 Å². The molecule has 0 unspecified atom stereocenters. The van der Waals surface area contributed by atoms with Crippen molar-refractivity contribution in [3.8, 4) is 10.8 Å². The Morgan fingerprint density at radius 3 is 3.00 bits per heavy atom. The molecular weight excluding hydrogens is 264 g/mol. The maximum atomic E-state index is 11.7. The average molecular weight is 281 g/mol. The van der Waals surface area contributed by atoms with Gasteiger partial charge in [-0.1, -0.05) is 25.8 Å². The fraction of sp³-hybridized carbons (Fsp3) is 0.643. The molecule has 0 aromatic carbocycles. The summed E-state index contributed by atoms with van der Waals surface area (Å²) in [4.78, 5) is 14.6. The number of carbonyl (C=O) groups is 1. The third-order valence-electron chi connectivity index (χ3n) is 4.36. The van der Waals surface area contributed by atoms with Gasteiger partial charge in [0.15, 0.2) is 5.78 Å². The van der Waals surface area contributed by atoms with E-state index >= 15 is 0 Å². The van der Waals surface area contributed by atoms with Crippen LogP contribution in [0, 0.1) is 33.9 Å². The Morgan fingerprint density at radius 1 is 1.56 bits per heavy atom. The van der Waals surface area contributed by atoms with Crippen LogP contribution >= 0.6 is 15.9 Å². The number of hydrogen-bond donors (Lipinski definition) is 0. The van der Waals surface area contributed by atoms with Gasteiger partial charge in [-0.25, -0.2) is 0 Å². The fourth-order valence-electron chi connectivity index (χ4n) is 3.18. The quantitative estimate of drug-likeness (QED) is 0.621. The highest BCUT2D eigenvalue weighted by Crippen LogP contribution is 2.50.